The van der Waals surface area contributed by atoms with Crippen molar-refractivity contribution in [3.63, 3.8) is 0 Å². The normalized spacial score (nSPS) is 10.5. The molecular formula is C9H5Cl2N. The highest BCUT2D eigenvalue weighted by molar-refractivity contribution is 6.38. The highest BCUT2D eigenvalue weighted by Gasteiger charge is 1.99. The van der Waals surface area contributed by atoms with E-state index in [2.05, 4.69) is 4.98 Å². The zero-order valence-corrected chi connectivity index (χ0v) is 7.60. The second kappa shape index (κ2) is 2.92. The number of hydrogen-bond donors (Lipinski definition) is 0. The third kappa shape index (κ3) is 1.26. The Morgan fingerprint density at radius 2 is 2.00 bits per heavy atom. The average Bonchev–Trinajstić information content (AvgIpc) is 2.04. The van der Waals surface area contributed by atoms with Gasteiger partial charge in [-0.2, -0.15) is 0 Å². The van der Waals surface area contributed by atoms with Gasteiger partial charge in [0, 0.05) is 33.2 Å². The van der Waals surface area contributed by atoms with Crippen molar-refractivity contribution in [1.29, 1.82) is 0 Å². The Balaban J connectivity index is 2.89. The van der Waals surface area contributed by atoms with Gasteiger partial charge in [-0.3, -0.25) is 4.98 Å². The molecule has 0 N–H and O–H groups in total. The first-order valence-corrected chi connectivity index (χ1v) is 4.22. The molecule has 0 unspecified atom stereocenters. The summed E-state index contributed by atoms with van der Waals surface area (Å²) >= 11 is 11.8. The SMILES string of the molecule is Clc1cc(Cl)c2ccncc2c1. The van der Waals surface area contributed by atoms with Crippen LogP contribution in [0.2, 0.25) is 10.0 Å². The minimum absolute atomic E-state index is 0.639. The summed E-state index contributed by atoms with van der Waals surface area (Å²) in [6, 6.07) is 5.44. The third-order valence-electron chi connectivity index (χ3n) is 1.67. The first kappa shape index (κ1) is 7.84. The maximum atomic E-state index is 5.95. The summed E-state index contributed by atoms with van der Waals surface area (Å²) in [5.41, 5.74) is 0. The van der Waals surface area contributed by atoms with E-state index in [4.69, 9.17) is 23.2 Å². The molecule has 1 aromatic carbocycles. The van der Waals surface area contributed by atoms with Crippen LogP contribution in [0.15, 0.2) is 30.6 Å². The lowest BCUT2D eigenvalue weighted by atomic mass is 10.2. The van der Waals surface area contributed by atoms with Crippen LogP contribution in [-0.2, 0) is 0 Å². The fourth-order valence-corrected chi connectivity index (χ4v) is 1.70. The van der Waals surface area contributed by atoms with E-state index in [0.717, 1.165) is 10.8 Å². The Morgan fingerprint density at radius 3 is 2.83 bits per heavy atom. The van der Waals surface area contributed by atoms with Crippen molar-refractivity contribution >= 4 is 34.0 Å². The van der Waals surface area contributed by atoms with E-state index < -0.39 is 0 Å². The molecule has 60 valence electrons. The Labute approximate surface area is 79.9 Å². The molecule has 0 aliphatic carbocycles. The maximum absolute atomic E-state index is 5.95. The quantitative estimate of drug-likeness (QED) is 0.630. The van der Waals surface area contributed by atoms with Gasteiger partial charge < -0.3 is 0 Å². The van der Waals surface area contributed by atoms with Crippen molar-refractivity contribution in [3.8, 4) is 0 Å². The smallest absolute Gasteiger partial charge is 0.0500 e. The maximum Gasteiger partial charge on any atom is 0.0500 e. The number of aromatic nitrogens is 1. The summed E-state index contributed by atoms with van der Waals surface area (Å²) in [7, 11) is 0. The third-order valence-corrected chi connectivity index (χ3v) is 2.20. The van der Waals surface area contributed by atoms with Crippen LogP contribution in [0.3, 0.4) is 0 Å². The van der Waals surface area contributed by atoms with E-state index in [1.807, 2.05) is 12.1 Å². The van der Waals surface area contributed by atoms with Crippen LogP contribution in [0.1, 0.15) is 0 Å². The fourth-order valence-electron chi connectivity index (χ4n) is 1.13. The zero-order valence-electron chi connectivity index (χ0n) is 6.09. The Hall–Kier alpha value is -0.790. The molecule has 2 aromatic rings. The predicted octanol–water partition coefficient (Wildman–Crippen LogP) is 3.54. The fraction of sp³-hybridized carbons (Fsp3) is 0. The van der Waals surface area contributed by atoms with Crippen molar-refractivity contribution in [1.82, 2.24) is 4.98 Å². The minimum atomic E-state index is 0.639. The molecule has 1 heterocycles. The molecule has 0 amide bonds. The lowest BCUT2D eigenvalue weighted by Gasteiger charge is -1.99. The summed E-state index contributed by atoms with van der Waals surface area (Å²) in [5.74, 6) is 0. The van der Waals surface area contributed by atoms with Gasteiger partial charge in [0.15, 0.2) is 0 Å². The summed E-state index contributed by atoms with van der Waals surface area (Å²) < 4.78 is 0. The molecule has 0 fully saturated rings. The summed E-state index contributed by atoms with van der Waals surface area (Å²) in [5, 5.41) is 3.26. The molecule has 0 aliphatic rings. The Morgan fingerprint density at radius 1 is 1.17 bits per heavy atom. The molecule has 0 spiro atoms. The molecule has 12 heavy (non-hydrogen) atoms. The van der Waals surface area contributed by atoms with Gasteiger partial charge in [-0.25, -0.2) is 0 Å². The van der Waals surface area contributed by atoms with Crippen LogP contribution in [0.5, 0.6) is 0 Å². The van der Waals surface area contributed by atoms with Crippen molar-refractivity contribution in [2.24, 2.45) is 0 Å². The molecule has 0 saturated heterocycles. The highest BCUT2D eigenvalue weighted by Crippen LogP contribution is 2.26. The van der Waals surface area contributed by atoms with Gasteiger partial charge in [0.05, 0.1) is 0 Å². The van der Waals surface area contributed by atoms with E-state index in [1.165, 1.54) is 0 Å². The molecule has 0 saturated carbocycles. The van der Waals surface area contributed by atoms with E-state index in [0.29, 0.717) is 10.0 Å². The van der Waals surface area contributed by atoms with E-state index in [-0.39, 0.29) is 0 Å². The monoisotopic (exact) mass is 197 g/mol. The van der Waals surface area contributed by atoms with Gasteiger partial charge in [0.1, 0.15) is 0 Å². The van der Waals surface area contributed by atoms with Crippen molar-refractivity contribution in [3.05, 3.63) is 40.6 Å². The predicted molar refractivity (Wildman–Crippen MR) is 51.8 cm³/mol. The largest absolute Gasteiger partial charge is 0.264 e. The second-order valence-corrected chi connectivity index (χ2v) is 3.33. The minimum Gasteiger partial charge on any atom is -0.264 e. The average molecular weight is 198 g/mol. The molecule has 0 bridgehead atoms. The number of fused-ring (bicyclic) bond motifs is 1. The van der Waals surface area contributed by atoms with Crippen LogP contribution in [-0.4, -0.2) is 4.98 Å². The van der Waals surface area contributed by atoms with Crippen LogP contribution >= 0.6 is 23.2 Å². The lowest BCUT2D eigenvalue weighted by Crippen LogP contribution is -1.76. The van der Waals surface area contributed by atoms with Crippen LogP contribution < -0.4 is 0 Å². The number of pyridine rings is 1. The molecule has 1 nitrogen and oxygen atoms in total. The Kier molecular flexibility index (Phi) is 1.91. The van der Waals surface area contributed by atoms with Gasteiger partial charge in [0.2, 0.25) is 0 Å². The molecule has 1 aromatic heterocycles. The van der Waals surface area contributed by atoms with E-state index in [1.54, 1.807) is 18.5 Å². The van der Waals surface area contributed by atoms with Crippen LogP contribution in [0.4, 0.5) is 0 Å². The van der Waals surface area contributed by atoms with Gasteiger partial charge in [0.25, 0.3) is 0 Å². The molecule has 0 radical (unpaired) electrons. The van der Waals surface area contributed by atoms with Gasteiger partial charge >= 0.3 is 0 Å². The number of halogens is 2. The number of rotatable bonds is 0. The van der Waals surface area contributed by atoms with Crippen LogP contribution in [0, 0.1) is 0 Å². The summed E-state index contributed by atoms with van der Waals surface area (Å²) in [6.07, 6.45) is 3.45. The van der Waals surface area contributed by atoms with Crippen molar-refractivity contribution in [2.75, 3.05) is 0 Å². The second-order valence-electron chi connectivity index (χ2n) is 2.48. The number of hydrogen-bond acceptors (Lipinski definition) is 1. The van der Waals surface area contributed by atoms with E-state index >= 15 is 0 Å². The van der Waals surface area contributed by atoms with Gasteiger partial charge in [-0.1, -0.05) is 23.2 Å². The van der Waals surface area contributed by atoms with Gasteiger partial charge in [-0.05, 0) is 18.2 Å². The lowest BCUT2D eigenvalue weighted by molar-refractivity contribution is 1.36. The van der Waals surface area contributed by atoms with Crippen LogP contribution in [0.25, 0.3) is 10.8 Å². The topological polar surface area (TPSA) is 12.9 Å². The zero-order chi connectivity index (χ0) is 8.55. The number of nitrogens with zero attached hydrogens (tertiary/aromatic N) is 1. The molecule has 0 aliphatic heterocycles. The first-order valence-electron chi connectivity index (χ1n) is 3.46. The summed E-state index contributed by atoms with van der Waals surface area (Å²) in [4.78, 5) is 3.98. The van der Waals surface area contributed by atoms with Crippen molar-refractivity contribution < 1.29 is 0 Å². The first-order chi connectivity index (χ1) is 5.77. The number of benzene rings is 1. The standard InChI is InChI=1S/C9H5Cl2N/c10-7-3-6-5-12-2-1-8(6)9(11)4-7/h1-5H. The molecule has 0 atom stereocenters. The molecular weight excluding hydrogens is 193 g/mol. The Bertz CT molecular complexity index is 426. The molecule has 3 heteroatoms. The van der Waals surface area contributed by atoms with Crippen molar-refractivity contribution in [2.45, 2.75) is 0 Å². The summed E-state index contributed by atoms with van der Waals surface area (Å²) in [6.45, 7) is 0. The highest BCUT2D eigenvalue weighted by atomic mass is 35.5. The van der Waals surface area contributed by atoms with E-state index in [9.17, 15) is 0 Å². The van der Waals surface area contributed by atoms with Gasteiger partial charge in [-0.15, -0.1) is 0 Å². The molecule has 2 rings (SSSR count).